The summed E-state index contributed by atoms with van der Waals surface area (Å²) >= 11 is 1.54. The predicted molar refractivity (Wildman–Crippen MR) is 82.6 cm³/mol. The molecule has 0 spiro atoms. The van der Waals surface area contributed by atoms with E-state index in [1.165, 1.54) is 17.4 Å². The average Bonchev–Trinajstić information content (AvgIpc) is 2.97. The van der Waals surface area contributed by atoms with Crippen LogP contribution in [0.5, 0.6) is 0 Å². The highest BCUT2D eigenvalue weighted by Gasteiger charge is 2.11. The Hall–Kier alpha value is -2.54. The number of non-ortho nitro benzene ring substituents is 1. The summed E-state index contributed by atoms with van der Waals surface area (Å²) in [6, 6.07) is 6.58. The molecule has 3 rings (SSSR count). The molecular weight excluding hydrogens is 288 g/mol. The zero-order chi connectivity index (χ0) is 14.8. The number of nitrogens with one attached hydrogen (secondary N) is 1. The fourth-order valence-electron chi connectivity index (χ4n) is 2.12. The van der Waals surface area contributed by atoms with Gasteiger partial charge in [0.05, 0.1) is 28.2 Å². The van der Waals surface area contributed by atoms with Crippen molar-refractivity contribution in [2.24, 2.45) is 0 Å². The van der Waals surface area contributed by atoms with Gasteiger partial charge in [-0.25, -0.2) is 4.98 Å². The first-order chi connectivity index (χ1) is 10.1. The summed E-state index contributed by atoms with van der Waals surface area (Å²) in [7, 11) is 0. The third-order valence-electron chi connectivity index (χ3n) is 3.07. The van der Waals surface area contributed by atoms with Crippen molar-refractivity contribution in [1.82, 2.24) is 9.97 Å². The smallest absolute Gasteiger partial charge is 0.270 e. The highest BCUT2D eigenvalue weighted by Crippen LogP contribution is 2.27. The van der Waals surface area contributed by atoms with Crippen molar-refractivity contribution in [3.63, 3.8) is 0 Å². The van der Waals surface area contributed by atoms with Crippen LogP contribution >= 0.6 is 11.3 Å². The van der Waals surface area contributed by atoms with Gasteiger partial charge in [0, 0.05) is 34.3 Å². The summed E-state index contributed by atoms with van der Waals surface area (Å²) in [4.78, 5) is 19.1. The van der Waals surface area contributed by atoms with E-state index in [1.54, 1.807) is 17.6 Å². The Bertz CT molecular complexity index is 802. The molecule has 0 aliphatic rings. The van der Waals surface area contributed by atoms with E-state index in [1.807, 2.05) is 18.4 Å². The van der Waals surface area contributed by atoms with Gasteiger partial charge in [-0.05, 0) is 19.1 Å². The highest BCUT2D eigenvalue weighted by atomic mass is 32.1. The first kappa shape index (κ1) is 13.4. The monoisotopic (exact) mass is 300 g/mol. The lowest BCUT2D eigenvalue weighted by Gasteiger charge is -2.09. The van der Waals surface area contributed by atoms with E-state index >= 15 is 0 Å². The van der Waals surface area contributed by atoms with Crippen LogP contribution in [-0.4, -0.2) is 14.9 Å². The molecule has 21 heavy (non-hydrogen) atoms. The largest absolute Gasteiger partial charge is 0.379 e. The zero-order valence-corrected chi connectivity index (χ0v) is 12.1. The quantitative estimate of drug-likeness (QED) is 0.589. The molecule has 0 aliphatic heterocycles. The first-order valence-corrected chi connectivity index (χ1v) is 7.24. The summed E-state index contributed by atoms with van der Waals surface area (Å²) in [6.45, 7) is 2.47. The molecule has 0 saturated heterocycles. The number of fused-ring (bicyclic) bond motifs is 1. The Morgan fingerprint density at radius 3 is 2.95 bits per heavy atom. The lowest BCUT2D eigenvalue weighted by atomic mass is 10.1. The molecule has 7 heteroatoms. The maximum atomic E-state index is 10.9. The minimum absolute atomic E-state index is 0.0601. The van der Waals surface area contributed by atoms with Crippen molar-refractivity contribution >= 4 is 33.6 Å². The van der Waals surface area contributed by atoms with Crippen LogP contribution in [0.25, 0.3) is 10.9 Å². The maximum absolute atomic E-state index is 10.9. The summed E-state index contributed by atoms with van der Waals surface area (Å²) in [5.41, 5.74) is 5.20. The van der Waals surface area contributed by atoms with Gasteiger partial charge in [0.1, 0.15) is 0 Å². The van der Waals surface area contributed by atoms with Crippen molar-refractivity contribution in [3.05, 3.63) is 56.7 Å². The second-order valence-corrected chi connectivity index (χ2v) is 5.32. The zero-order valence-electron chi connectivity index (χ0n) is 11.2. The summed E-state index contributed by atoms with van der Waals surface area (Å²) < 4.78 is 0. The third-order valence-corrected chi connectivity index (χ3v) is 3.71. The van der Waals surface area contributed by atoms with E-state index in [-0.39, 0.29) is 5.69 Å². The number of thiazole rings is 1. The molecule has 3 aromatic rings. The molecule has 106 valence electrons. The van der Waals surface area contributed by atoms with Crippen LogP contribution in [0.3, 0.4) is 0 Å². The molecule has 2 aromatic heterocycles. The Morgan fingerprint density at radius 2 is 2.24 bits per heavy atom. The molecule has 0 fully saturated rings. The van der Waals surface area contributed by atoms with Crippen LogP contribution in [0, 0.1) is 17.0 Å². The van der Waals surface area contributed by atoms with Crippen molar-refractivity contribution in [3.8, 4) is 0 Å². The number of aryl methyl sites for hydroxylation is 1. The number of anilines is 1. The van der Waals surface area contributed by atoms with Gasteiger partial charge in [0.2, 0.25) is 0 Å². The van der Waals surface area contributed by atoms with Crippen molar-refractivity contribution in [2.75, 3.05) is 5.32 Å². The number of pyridine rings is 1. The van der Waals surface area contributed by atoms with E-state index < -0.39 is 4.92 Å². The number of aromatic nitrogens is 2. The van der Waals surface area contributed by atoms with E-state index in [9.17, 15) is 10.1 Å². The number of hydrogen-bond donors (Lipinski definition) is 1. The lowest BCUT2D eigenvalue weighted by Crippen LogP contribution is -2.02. The van der Waals surface area contributed by atoms with Crippen LogP contribution in [0.1, 0.15) is 11.4 Å². The van der Waals surface area contributed by atoms with Gasteiger partial charge in [0.15, 0.2) is 0 Å². The lowest BCUT2D eigenvalue weighted by molar-refractivity contribution is -0.384. The molecule has 1 aromatic carbocycles. The van der Waals surface area contributed by atoms with Crippen molar-refractivity contribution in [1.29, 1.82) is 0 Å². The fourth-order valence-corrected chi connectivity index (χ4v) is 2.67. The maximum Gasteiger partial charge on any atom is 0.270 e. The fraction of sp³-hybridized carbons (Fsp3) is 0.143. The average molecular weight is 300 g/mol. The number of nitro benzene ring substituents is 1. The number of nitrogens with zero attached hydrogens (tertiary/aromatic N) is 3. The van der Waals surface area contributed by atoms with E-state index in [0.717, 1.165) is 28.0 Å². The number of benzene rings is 1. The number of rotatable bonds is 4. The Morgan fingerprint density at radius 1 is 1.38 bits per heavy atom. The molecule has 1 N–H and O–H groups in total. The Kier molecular flexibility index (Phi) is 3.49. The van der Waals surface area contributed by atoms with Crippen LogP contribution in [0.4, 0.5) is 11.4 Å². The van der Waals surface area contributed by atoms with Gasteiger partial charge < -0.3 is 5.32 Å². The molecule has 0 amide bonds. The van der Waals surface area contributed by atoms with Gasteiger partial charge in [-0.1, -0.05) is 0 Å². The molecule has 0 radical (unpaired) electrons. The number of nitro groups is 1. The first-order valence-electron chi connectivity index (χ1n) is 6.30. The molecular formula is C14H12N4O2S. The third kappa shape index (κ3) is 2.82. The Balaban J connectivity index is 2.02. The SMILES string of the molecule is Cc1cc(NCc2cscn2)c2cc([N+](=O)[O-])ccc2n1. The molecule has 0 saturated carbocycles. The van der Waals surface area contributed by atoms with Gasteiger partial charge in [-0.15, -0.1) is 11.3 Å². The van der Waals surface area contributed by atoms with Crippen LogP contribution in [0.2, 0.25) is 0 Å². The van der Waals surface area contributed by atoms with Gasteiger partial charge in [0.25, 0.3) is 5.69 Å². The normalized spacial score (nSPS) is 10.7. The molecule has 0 bridgehead atoms. The molecule has 6 nitrogen and oxygen atoms in total. The van der Waals surface area contributed by atoms with E-state index in [2.05, 4.69) is 15.3 Å². The van der Waals surface area contributed by atoms with Crippen molar-refractivity contribution in [2.45, 2.75) is 13.5 Å². The summed E-state index contributed by atoms with van der Waals surface area (Å²) in [5, 5.41) is 16.9. The minimum atomic E-state index is -0.399. The highest BCUT2D eigenvalue weighted by molar-refractivity contribution is 7.07. The topological polar surface area (TPSA) is 81.0 Å². The predicted octanol–water partition coefficient (Wildman–Crippen LogP) is 3.52. The van der Waals surface area contributed by atoms with E-state index in [0.29, 0.717) is 6.54 Å². The summed E-state index contributed by atoms with van der Waals surface area (Å²) in [6.07, 6.45) is 0. The second kappa shape index (κ2) is 5.45. The van der Waals surface area contributed by atoms with Crippen LogP contribution < -0.4 is 5.32 Å². The molecule has 0 aliphatic carbocycles. The van der Waals surface area contributed by atoms with Crippen LogP contribution in [-0.2, 0) is 6.54 Å². The molecule has 2 heterocycles. The molecule has 0 atom stereocenters. The standard InChI is InChI=1S/C14H12N4O2S/c1-9-4-14(15-6-10-7-21-8-16-10)12-5-11(18(19)20)2-3-13(12)17-9/h2-5,7-8H,6H2,1H3,(H,15,17). The molecule has 0 unspecified atom stereocenters. The van der Waals surface area contributed by atoms with Gasteiger partial charge in [-0.2, -0.15) is 0 Å². The van der Waals surface area contributed by atoms with Gasteiger partial charge >= 0.3 is 0 Å². The van der Waals surface area contributed by atoms with Crippen molar-refractivity contribution < 1.29 is 4.92 Å². The summed E-state index contributed by atoms with van der Waals surface area (Å²) in [5.74, 6) is 0. The number of hydrogen-bond acceptors (Lipinski definition) is 6. The van der Waals surface area contributed by atoms with Gasteiger partial charge in [-0.3, -0.25) is 15.1 Å². The minimum Gasteiger partial charge on any atom is -0.379 e. The van der Waals surface area contributed by atoms with Crippen LogP contribution in [0.15, 0.2) is 35.2 Å². The van der Waals surface area contributed by atoms with E-state index in [4.69, 9.17) is 0 Å². The second-order valence-electron chi connectivity index (χ2n) is 4.60. The Labute approximate surface area is 124 Å².